The van der Waals surface area contributed by atoms with Crippen LogP contribution in [0.4, 0.5) is 0 Å². The van der Waals surface area contributed by atoms with E-state index in [9.17, 15) is 19.8 Å². The van der Waals surface area contributed by atoms with Gasteiger partial charge in [-0.15, -0.1) is 11.3 Å². The first-order valence-electron chi connectivity index (χ1n) is 9.18. The number of hydrogen-bond donors (Lipinski definition) is 2. The number of carbonyl (C=O) groups is 2. The van der Waals surface area contributed by atoms with Crippen LogP contribution in [0.25, 0.3) is 16.2 Å². The molecule has 0 saturated carbocycles. The van der Waals surface area contributed by atoms with Crippen LogP contribution in [0.2, 0.25) is 0 Å². The summed E-state index contributed by atoms with van der Waals surface area (Å²) in [6.45, 7) is 0.332. The summed E-state index contributed by atoms with van der Waals surface area (Å²) >= 11 is 1.21. The van der Waals surface area contributed by atoms with Crippen molar-refractivity contribution in [3.05, 3.63) is 89.0 Å². The molecule has 154 valence electrons. The minimum atomic E-state index is -0.294. The second-order valence-electron chi connectivity index (χ2n) is 6.53. The van der Waals surface area contributed by atoms with E-state index < -0.39 is 0 Å². The van der Waals surface area contributed by atoms with Gasteiger partial charge < -0.3 is 19.7 Å². The fraction of sp³-hybridized carbons (Fsp3) is 0. The Labute approximate surface area is 181 Å². The highest BCUT2D eigenvalue weighted by Gasteiger charge is 2.22. The van der Waals surface area contributed by atoms with Crippen molar-refractivity contribution in [2.24, 2.45) is 0 Å². The lowest BCUT2D eigenvalue weighted by molar-refractivity contribution is -0.123. The smallest absolute Gasteiger partial charge is 0.297 e. The molecule has 7 heteroatoms. The van der Waals surface area contributed by atoms with Crippen LogP contribution in [0, 0.1) is 0 Å². The Kier molecular flexibility index (Phi) is 5.68. The third kappa shape index (κ3) is 4.41. The maximum atomic E-state index is 13.2. The highest BCUT2D eigenvalue weighted by molar-refractivity contribution is 7.21. The van der Waals surface area contributed by atoms with Crippen LogP contribution < -0.4 is 4.74 Å². The van der Waals surface area contributed by atoms with E-state index in [1.54, 1.807) is 54.6 Å². The van der Waals surface area contributed by atoms with Crippen LogP contribution in [0.15, 0.2) is 73.0 Å². The number of aromatic hydroxyl groups is 2. The first-order chi connectivity index (χ1) is 15.0. The molecular weight excluding hydrogens is 416 g/mol. The Balaban J connectivity index is 1.73. The minimum Gasteiger partial charge on any atom is -0.508 e. The number of fused-ring (bicyclic) bond motifs is 1. The van der Waals surface area contributed by atoms with Gasteiger partial charge >= 0.3 is 0 Å². The summed E-state index contributed by atoms with van der Waals surface area (Å²) in [5.41, 5.74) is 1.13. The lowest BCUT2D eigenvalue weighted by atomic mass is 10.1. The molecule has 0 aliphatic heterocycles. The van der Waals surface area contributed by atoms with Gasteiger partial charge in [-0.2, -0.15) is 0 Å². The first kappa shape index (κ1) is 20.2. The fourth-order valence-corrected chi connectivity index (χ4v) is 4.13. The number of phenols is 2. The van der Waals surface area contributed by atoms with Gasteiger partial charge in [0.1, 0.15) is 22.1 Å². The van der Waals surface area contributed by atoms with Gasteiger partial charge in [-0.25, -0.2) is 0 Å². The highest BCUT2D eigenvalue weighted by Crippen LogP contribution is 2.42. The van der Waals surface area contributed by atoms with Gasteiger partial charge in [0.15, 0.2) is 5.75 Å². The second kappa shape index (κ2) is 8.73. The average molecular weight is 432 g/mol. The Hall–Kier alpha value is -4.10. The summed E-state index contributed by atoms with van der Waals surface area (Å²) in [6.07, 6.45) is 2.89. The van der Waals surface area contributed by atoms with E-state index in [-0.39, 0.29) is 17.3 Å². The van der Waals surface area contributed by atoms with Crippen LogP contribution in [-0.4, -0.2) is 22.5 Å². The molecule has 3 aromatic carbocycles. The normalized spacial score (nSPS) is 11.0. The molecule has 0 bridgehead atoms. The Morgan fingerprint density at radius 2 is 1.71 bits per heavy atom. The molecule has 4 aromatic rings. The molecule has 1 aromatic heterocycles. The Morgan fingerprint density at radius 3 is 2.45 bits per heavy atom. The van der Waals surface area contributed by atoms with Crippen LogP contribution in [0.5, 0.6) is 23.0 Å². The zero-order valence-corrected chi connectivity index (χ0v) is 16.8. The number of thiophene rings is 1. The Bertz CT molecular complexity index is 1290. The third-order valence-corrected chi connectivity index (χ3v) is 5.57. The van der Waals surface area contributed by atoms with Gasteiger partial charge in [-0.05, 0) is 54.1 Å². The predicted octanol–water partition coefficient (Wildman–Crippen LogP) is 5.48. The molecule has 0 radical (unpaired) electrons. The summed E-state index contributed by atoms with van der Waals surface area (Å²) in [7, 11) is 0. The van der Waals surface area contributed by atoms with Gasteiger partial charge in [-0.1, -0.05) is 24.3 Å². The van der Waals surface area contributed by atoms with Crippen LogP contribution >= 0.6 is 11.3 Å². The predicted molar refractivity (Wildman–Crippen MR) is 118 cm³/mol. The summed E-state index contributed by atoms with van der Waals surface area (Å²) in [5, 5.41) is 20.3. The molecule has 0 saturated heterocycles. The van der Waals surface area contributed by atoms with Crippen molar-refractivity contribution < 1.29 is 29.3 Å². The van der Waals surface area contributed by atoms with Gasteiger partial charge in [0.25, 0.3) is 6.47 Å². The van der Waals surface area contributed by atoms with Gasteiger partial charge in [-0.3, -0.25) is 9.59 Å². The lowest BCUT2D eigenvalue weighted by Crippen LogP contribution is -2.00. The SMILES string of the molecule is O=CO/C=C/c1ccc(Oc2c(C(=O)c3cccc(O)c3)sc3cc(O)ccc23)cc1. The topological polar surface area (TPSA) is 93.1 Å². The largest absolute Gasteiger partial charge is 0.508 e. The van der Waals surface area contributed by atoms with Gasteiger partial charge in [0.05, 0.1) is 6.26 Å². The molecule has 0 atom stereocenters. The van der Waals surface area contributed by atoms with Crippen molar-refractivity contribution in [3.8, 4) is 23.0 Å². The van der Waals surface area contributed by atoms with Crippen LogP contribution in [0.3, 0.4) is 0 Å². The van der Waals surface area contributed by atoms with E-state index in [1.165, 1.54) is 35.8 Å². The van der Waals surface area contributed by atoms with Gasteiger partial charge in [0, 0.05) is 15.6 Å². The summed E-state index contributed by atoms with van der Waals surface area (Å²) in [6, 6.07) is 17.9. The molecule has 1 heterocycles. The van der Waals surface area contributed by atoms with Crippen molar-refractivity contribution in [3.63, 3.8) is 0 Å². The fourth-order valence-electron chi connectivity index (χ4n) is 3.01. The molecule has 0 amide bonds. The molecule has 0 aliphatic carbocycles. The summed E-state index contributed by atoms with van der Waals surface area (Å²) in [5.74, 6) is 0.670. The average Bonchev–Trinajstić information content (AvgIpc) is 3.12. The zero-order valence-electron chi connectivity index (χ0n) is 16.0. The van der Waals surface area contributed by atoms with E-state index in [1.807, 2.05) is 0 Å². The molecule has 4 rings (SSSR count). The molecule has 0 fully saturated rings. The quantitative estimate of drug-likeness (QED) is 0.228. The van der Waals surface area contributed by atoms with Crippen LogP contribution in [0.1, 0.15) is 20.8 Å². The van der Waals surface area contributed by atoms with E-state index in [4.69, 9.17) is 4.74 Å². The molecule has 0 unspecified atom stereocenters. The number of phenolic OH excluding ortho intramolecular Hbond substituents is 2. The number of ketones is 1. The van der Waals surface area contributed by atoms with Crippen molar-refractivity contribution in [1.82, 2.24) is 0 Å². The molecule has 31 heavy (non-hydrogen) atoms. The number of carbonyl (C=O) groups excluding carboxylic acids is 2. The molecular formula is C24H16O6S. The van der Waals surface area contributed by atoms with Crippen molar-refractivity contribution in [1.29, 1.82) is 0 Å². The highest BCUT2D eigenvalue weighted by atomic mass is 32.1. The summed E-state index contributed by atoms with van der Waals surface area (Å²) < 4.78 is 11.3. The van der Waals surface area contributed by atoms with E-state index in [2.05, 4.69) is 4.74 Å². The maximum Gasteiger partial charge on any atom is 0.297 e. The number of ether oxygens (including phenoxy) is 2. The second-order valence-corrected chi connectivity index (χ2v) is 7.58. The molecule has 0 aliphatic rings. The van der Waals surface area contributed by atoms with E-state index >= 15 is 0 Å². The maximum absolute atomic E-state index is 13.2. The van der Waals surface area contributed by atoms with Crippen LogP contribution in [-0.2, 0) is 9.53 Å². The number of hydrogen-bond acceptors (Lipinski definition) is 7. The molecule has 0 spiro atoms. The summed E-state index contributed by atoms with van der Waals surface area (Å²) in [4.78, 5) is 23.7. The number of benzene rings is 3. The third-order valence-electron chi connectivity index (χ3n) is 4.44. The zero-order chi connectivity index (χ0) is 21.8. The van der Waals surface area contributed by atoms with Crippen molar-refractivity contribution in [2.45, 2.75) is 0 Å². The van der Waals surface area contributed by atoms with Gasteiger partial charge in [0.2, 0.25) is 5.78 Å². The van der Waals surface area contributed by atoms with Crippen molar-refractivity contribution in [2.75, 3.05) is 0 Å². The molecule has 6 nitrogen and oxygen atoms in total. The first-order valence-corrected chi connectivity index (χ1v) is 9.99. The minimum absolute atomic E-state index is 0.00530. The standard InChI is InChI=1S/C24H16O6S/c25-14-29-11-10-15-4-7-19(8-5-15)30-23-20-9-6-18(27)13-21(20)31-24(23)22(28)16-2-1-3-17(26)12-16/h1-14,26-27H/b11-10+. The lowest BCUT2D eigenvalue weighted by Gasteiger charge is -2.08. The number of rotatable bonds is 7. The van der Waals surface area contributed by atoms with Crippen molar-refractivity contribution >= 4 is 39.8 Å². The van der Waals surface area contributed by atoms with E-state index in [0.29, 0.717) is 38.5 Å². The Morgan fingerprint density at radius 1 is 0.935 bits per heavy atom. The van der Waals surface area contributed by atoms with E-state index in [0.717, 1.165) is 5.56 Å². The monoisotopic (exact) mass is 432 g/mol. The molecule has 2 N–H and O–H groups in total.